The van der Waals surface area contributed by atoms with E-state index in [9.17, 15) is 5.11 Å². The predicted octanol–water partition coefficient (Wildman–Crippen LogP) is 8.92. The van der Waals surface area contributed by atoms with E-state index >= 15 is 0 Å². The summed E-state index contributed by atoms with van der Waals surface area (Å²) in [5, 5.41) is 15.0. The summed E-state index contributed by atoms with van der Waals surface area (Å²) in [5.74, 6) is 0.806. The Hall–Kier alpha value is -4.57. The highest BCUT2D eigenvalue weighted by Crippen LogP contribution is 2.60. The lowest BCUT2D eigenvalue weighted by Crippen LogP contribution is -2.37. The van der Waals surface area contributed by atoms with Crippen LogP contribution in [0.5, 0.6) is 5.75 Å². The van der Waals surface area contributed by atoms with E-state index in [2.05, 4.69) is 103 Å². The molecule has 0 radical (unpaired) electrons. The molecular formula is C38H24O2S. The summed E-state index contributed by atoms with van der Waals surface area (Å²) >= 11 is 1.79. The maximum atomic E-state index is 12.9. The second-order valence-electron chi connectivity index (χ2n) is 10.9. The standard InChI is InChI=1S/C38H24O2S/c39-38(24-12-2-1-3-13-24)29-17-7-6-16-27(29)34-25-14-4-5-15-26(25)36-28(35(34)38)22-23-37(40-36)30-18-8-10-20-32(30)41-33-21-11-9-19-31(33)37/h1-23,39H. The Morgan fingerprint density at radius 1 is 0.585 bits per heavy atom. The van der Waals surface area contributed by atoms with Gasteiger partial charge in [0.25, 0.3) is 0 Å². The van der Waals surface area contributed by atoms with Crippen molar-refractivity contribution >= 4 is 28.6 Å². The smallest absolute Gasteiger partial charge is 0.180 e. The van der Waals surface area contributed by atoms with Crippen LogP contribution in [0.4, 0.5) is 0 Å². The van der Waals surface area contributed by atoms with E-state index in [4.69, 9.17) is 4.74 Å². The third kappa shape index (κ3) is 2.92. The van der Waals surface area contributed by atoms with Crippen molar-refractivity contribution in [3.05, 3.63) is 167 Å². The third-order valence-electron chi connectivity index (χ3n) is 8.89. The first kappa shape index (κ1) is 23.2. The number of hydrogen-bond donors (Lipinski definition) is 1. The van der Waals surface area contributed by atoms with Gasteiger partial charge in [0.15, 0.2) is 5.60 Å². The van der Waals surface area contributed by atoms with Crippen molar-refractivity contribution in [2.75, 3.05) is 0 Å². The molecule has 0 fully saturated rings. The Morgan fingerprint density at radius 2 is 1.17 bits per heavy atom. The second-order valence-corrected chi connectivity index (χ2v) is 12.0. The average Bonchev–Trinajstić information content (AvgIpc) is 3.32. The van der Waals surface area contributed by atoms with Gasteiger partial charge >= 0.3 is 0 Å². The van der Waals surface area contributed by atoms with Crippen LogP contribution in [0.25, 0.3) is 28.0 Å². The van der Waals surface area contributed by atoms with Crippen molar-refractivity contribution in [1.29, 1.82) is 0 Å². The van der Waals surface area contributed by atoms with Gasteiger partial charge in [-0.15, -0.1) is 0 Å². The zero-order chi connectivity index (χ0) is 27.2. The van der Waals surface area contributed by atoms with Crippen LogP contribution in [-0.4, -0.2) is 5.11 Å². The van der Waals surface area contributed by atoms with Crippen LogP contribution in [0.1, 0.15) is 33.4 Å². The van der Waals surface area contributed by atoms with Gasteiger partial charge in [-0.05, 0) is 40.3 Å². The minimum absolute atomic E-state index is 0.779. The maximum absolute atomic E-state index is 12.9. The summed E-state index contributed by atoms with van der Waals surface area (Å²) in [7, 11) is 0. The van der Waals surface area contributed by atoms with Gasteiger partial charge in [0, 0.05) is 43.0 Å². The van der Waals surface area contributed by atoms with Gasteiger partial charge in [-0.3, -0.25) is 0 Å². The highest BCUT2D eigenvalue weighted by Gasteiger charge is 2.49. The summed E-state index contributed by atoms with van der Waals surface area (Å²) in [6.45, 7) is 0. The molecule has 6 aromatic rings. The molecule has 1 aliphatic carbocycles. The summed E-state index contributed by atoms with van der Waals surface area (Å²) in [5.41, 5.74) is 5.87. The van der Waals surface area contributed by atoms with Crippen molar-refractivity contribution in [3.63, 3.8) is 0 Å². The van der Waals surface area contributed by atoms with E-state index in [1.807, 2.05) is 36.4 Å². The SMILES string of the molecule is OC1(c2ccccc2)c2ccccc2-c2c1c1c(c3ccccc23)OC2(C=C1)c1ccccc1Sc1ccccc12. The van der Waals surface area contributed by atoms with Crippen molar-refractivity contribution in [2.24, 2.45) is 0 Å². The zero-order valence-corrected chi connectivity index (χ0v) is 22.9. The molecule has 0 saturated heterocycles. The van der Waals surface area contributed by atoms with E-state index in [1.165, 1.54) is 9.79 Å². The monoisotopic (exact) mass is 544 g/mol. The van der Waals surface area contributed by atoms with Gasteiger partial charge < -0.3 is 9.84 Å². The normalized spacial score (nSPS) is 18.7. The Morgan fingerprint density at radius 3 is 1.90 bits per heavy atom. The average molecular weight is 545 g/mol. The molecule has 2 heterocycles. The number of ether oxygens (including phenoxy) is 1. The highest BCUT2D eigenvalue weighted by molar-refractivity contribution is 7.99. The van der Waals surface area contributed by atoms with Crippen LogP contribution in [0, 0.1) is 0 Å². The van der Waals surface area contributed by atoms with Crippen LogP contribution >= 0.6 is 11.8 Å². The first-order chi connectivity index (χ1) is 20.2. The fourth-order valence-electron chi connectivity index (χ4n) is 7.16. The molecule has 6 aromatic carbocycles. The highest BCUT2D eigenvalue weighted by atomic mass is 32.2. The van der Waals surface area contributed by atoms with Gasteiger partial charge in [0.1, 0.15) is 11.4 Å². The number of hydrogen-bond acceptors (Lipinski definition) is 3. The minimum atomic E-state index is -1.32. The van der Waals surface area contributed by atoms with E-state index in [0.717, 1.165) is 61.0 Å². The van der Waals surface area contributed by atoms with E-state index < -0.39 is 11.2 Å². The Labute approximate surface area is 242 Å². The molecule has 0 amide bonds. The van der Waals surface area contributed by atoms with Crippen LogP contribution in [0.15, 0.2) is 143 Å². The summed E-state index contributed by atoms with van der Waals surface area (Å²) in [6, 6.07) is 43.8. The van der Waals surface area contributed by atoms with Crippen LogP contribution < -0.4 is 4.74 Å². The van der Waals surface area contributed by atoms with Crippen molar-refractivity contribution in [3.8, 4) is 16.9 Å². The largest absolute Gasteiger partial charge is 0.472 e. The first-order valence-electron chi connectivity index (χ1n) is 13.9. The van der Waals surface area contributed by atoms with Crippen LogP contribution in [-0.2, 0) is 11.2 Å². The van der Waals surface area contributed by atoms with Gasteiger partial charge in [-0.1, -0.05) is 133 Å². The molecule has 194 valence electrons. The van der Waals surface area contributed by atoms with Crippen molar-refractivity contribution < 1.29 is 9.84 Å². The summed E-state index contributed by atoms with van der Waals surface area (Å²) in [6.07, 6.45) is 4.41. The predicted molar refractivity (Wildman–Crippen MR) is 165 cm³/mol. The molecule has 0 aromatic heterocycles. The van der Waals surface area contributed by atoms with Gasteiger partial charge in [0.05, 0.1) is 0 Å². The van der Waals surface area contributed by atoms with E-state index in [-0.39, 0.29) is 0 Å². The molecule has 2 nitrogen and oxygen atoms in total. The first-order valence-corrected chi connectivity index (χ1v) is 14.7. The summed E-state index contributed by atoms with van der Waals surface area (Å²) in [4.78, 5) is 2.39. The third-order valence-corrected chi connectivity index (χ3v) is 10.0. The van der Waals surface area contributed by atoms with Gasteiger partial charge in [-0.25, -0.2) is 0 Å². The molecule has 1 atom stereocenters. The van der Waals surface area contributed by atoms with Crippen molar-refractivity contribution in [1.82, 2.24) is 0 Å². The lowest BCUT2D eigenvalue weighted by atomic mass is 9.78. The molecule has 41 heavy (non-hydrogen) atoms. The molecule has 9 rings (SSSR count). The fraction of sp³-hybridized carbons (Fsp3) is 0.0526. The molecule has 1 N–H and O–H groups in total. The molecule has 3 aliphatic rings. The molecule has 3 heteroatoms. The molecule has 2 aliphatic heterocycles. The van der Waals surface area contributed by atoms with E-state index in [0.29, 0.717) is 0 Å². The molecule has 1 unspecified atom stereocenters. The van der Waals surface area contributed by atoms with Crippen LogP contribution in [0.3, 0.4) is 0 Å². The quantitative estimate of drug-likeness (QED) is 0.224. The zero-order valence-electron chi connectivity index (χ0n) is 22.0. The number of aliphatic hydroxyl groups is 1. The maximum Gasteiger partial charge on any atom is 0.180 e. The van der Waals surface area contributed by atoms with Crippen molar-refractivity contribution in [2.45, 2.75) is 21.0 Å². The molecule has 0 bridgehead atoms. The number of fused-ring (bicyclic) bond motifs is 12. The van der Waals surface area contributed by atoms with Gasteiger partial charge in [-0.2, -0.15) is 0 Å². The molecule has 0 saturated carbocycles. The Bertz CT molecular complexity index is 2030. The Kier molecular flexibility index (Phi) is 4.65. The minimum Gasteiger partial charge on any atom is -0.472 e. The van der Waals surface area contributed by atoms with Crippen LogP contribution in [0.2, 0.25) is 0 Å². The number of rotatable bonds is 1. The fourth-order valence-corrected chi connectivity index (χ4v) is 8.35. The lowest BCUT2D eigenvalue weighted by Gasteiger charge is -2.42. The molecule has 1 spiro atoms. The van der Waals surface area contributed by atoms with E-state index in [1.54, 1.807) is 11.8 Å². The summed E-state index contributed by atoms with van der Waals surface area (Å²) < 4.78 is 7.37. The second kappa shape index (κ2) is 8.23. The topological polar surface area (TPSA) is 29.5 Å². The molecular weight excluding hydrogens is 520 g/mol. The number of benzene rings is 6. The lowest BCUT2D eigenvalue weighted by molar-refractivity contribution is 0.127. The van der Waals surface area contributed by atoms with Gasteiger partial charge in [0.2, 0.25) is 0 Å². The Balaban J connectivity index is 1.41.